The molecule has 0 aromatic rings. The molecule has 0 atom stereocenters. The van der Waals surface area contributed by atoms with Crippen LogP contribution in [-0.4, -0.2) is 29.4 Å². The summed E-state index contributed by atoms with van der Waals surface area (Å²) in [7, 11) is 0. The fraction of sp³-hybridized carbons (Fsp3) is 0.667. The fourth-order valence-corrected chi connectivity index (χ4v) is 3.63. The van der Waals surface area contributed by atoms with Crippen molar-refractivity contribution in [3.63, 3.8) is 0 Å². The van der Waals surface area contributed by atoms with Crippen molar-refractivity contribution in [2.75, 3.05) is 0 Å². The molecule has 0 spiro atoms. The molecule has 0 radical (unpaired) electrons. The number of fused-ring (bicyclic) bond motifs is 1. The Morgan fingerprint density at radius 2 is 1.74 bits per heavy atom. The van der Waals surface area contributed by atoms with Gasteiger partial charge in [-0.1, -0.05) is 31.5 Å². The van der Waals surface area contributed by atoms with E-state index in [1.807, 2.05) is 0 Å². The molecule has 0 bridgehead atoms. The first-order valence-corrected chi connectivity index (χ1v) is 7.25. The van der Waals surface area contributed by atoms with Crippen LogP contribution in [-0.2, 0) is 18.9 Å². The van der Waals surface area contributed by atoms with Gasteiger partial charge in [0.1, 0.15) is 12.8 Å². The van der Waals surface area contributed by atoms with Crippen molar-refractivity contribution in [2.45, 2.75) is 51.0 Å². The Balaban J connectivity index is 1.73. The monoisotopic (exact) mass is 281 g/mol. The van der Waals surface area contributed by atoms with Gasteiger partial charge >= 0.3 is 18.5 Å². The van der Waals surface area contributed by atoms with Gasteiger partial charge in [-0.3, -0.25) is 9.59 Å². The van der Waals surface area contributed by atoms with E-state index in [0.29, 0.717) is 16.7 Å². The molecule has 1 N–H and O–H groups in total. The van der Waals surface area contributed by atoms with E-state index in [2.05, 4.69) is 5.32 Å². The van der Waals surface area contributed by atoms with Crippen molar-refractivity contribution in [1.82, 2.24) is 5.32 Å². The first-order chi connectivity index (χ1) is 9.10. The molecule has 2 saturated heterocycles. The van der Waals surface area contributed by atoms with E-state index in [4.69, 9.17) is 21.5 Å². The molecular weight excluding hydrogens is 265 g/mol. The lowest BCUT2D eigenvalue weighted by atomic mass is 9.48. The lowest BCUT2D eigenvalue weighted by molar-refractivity contribution is -0.138. The molecule has 0 aromatic carbocycles. The molecule has 0 unspecified atom stereocenters. The van der Waals surface area contributed by atoms with Crippen LogP contribution >= 0.6 is 12.2 Å². The minimum absolute atomic E-state index is 0.151. The number of rotatable bonds is 2. The SMILES string of the molecule is O=C1C[C+]2CC(=O)O[B-]2(C(=S)NC2CCCCC2)O1. The van der Waals surface area contributed by atoms with Crippen molar-refractivity contribution >= 4 is 35.6 Å². The minimum atomic E-state index is -2.15. The van der Waals surface area contributed by atoms with Crippen LogP contribution in [0.4, 0.5) is 0 Å². The largest absolute Gasteiger partial charge is 0.614 e. The number of hydrogen-bond donors (Lipinski definition) is 1. The van der Waals surface area contributed by atoms with Gasteiger partial charge in [-0.25, -0.2) is 0 Å². The van der Waals surface area contributed by atoms with E-state index in [1.54, 1.807) is 0 Å². The number of thiocarbonyl (C=S) groups is 1. The molecular formula is C12H16BNO4S. The van der Waals surface area contributed by atoms with Crippen molar-refractivity contribution in [3.05, 3.63) is 5.82 Å². The van der Waals surface area contributed by atoms with E-state index >= 15 is 0 Å². The van der Waals surface area contributed by atoms with Crippen LogP contribution in [0.15, 0.2) is 0 Å². The average Bonchev–Trinajstić information content (AvgIpc) is 2.82. The van der Waals surface area contributed by atoms with Crippen LogP contribution in [0.5, 0.6) is 0 Å². The van der Waals surface area contributed by atoms with E-state index in [-0.39, 0.29) is 24.8 Å². The third-order valence-corrected chi connectivity index (χ3v) is 4.60. The third kappa shape index (κ3) is 2.20. The van der Waals surface area contributed by atoms with Gasteiger partial charge in [-0.15, -0.1) is 0 Å². The van der Waals surface area contributed by atoms with Crippen molar-refractivity contribution in [1.29, 1.82) is 0 Å². The second-order valence-electron chi connectivity index (χ2n) is 5.55. The molecule has 3 rings (SSSR count). The average molecular weight is 281 g/mol. The van der Waals surface area contributed by atoms with E-state index in [0.717, 1.165) is 12.8 Å². The lowest BCUT2D eigenvalue weighted by Crippen LogP contribution is -2.56. The number of carbonyl (C=O) groups is 2. The maximum Gasteiger partial charge on any atom is 0.614 e. The highest BCUT2D eigenvalue weighted by Gasteiger charge is 2.67. The summed E-state index contributed by atoms with van der Waals surface area (Å²) in [5, 5.41) is 3.25. The molecule has 3 aliphatic rings. The van der Waals surface area contributed by atoms with Crippen molar-refractivity contribution < 1.29 is 18.9 Å². The van der Waals surface area contributed by atoms with Crippen LogP contribution in [0, 0.1) is 5.82 Å². The molecule has 1 saturated carbocycles. The zero-order chi connectivity index (χ0) is 13.5. The Morgan fingerprint density at radius 1 is 1.16 bits per heavy atom. The molecule has 102 valence electrons. The number of nitrogens with one attached hydrogen (secondary N) is 1. The third-order valence-electron chi connectivity index (χ3n) is 4.17. The maximum absolute atomic E-state index is 11.5. The quantitative estimate of drug-likeness (QED) is 0.466. The van der Waals surface area contributed by atoms with Crippen molar-refractivity contribution in [3.8, 4) is 0 Å². The first-order valence-electron chi connectivity index (χ1n) is 6.84. The van der Waals surface area contributed by atoms with Gasteiger partial charge in [0.15, 0.2) is 0 Å². The Morgan fingerprint density at radius 3 is 2.32 bits per heavy atom. The van der Waals surface area contributed by atoms with E-state index in [1.165, 1.54) is 19.3 Å². The molecule has 5 nitrogen and oxygen atoms in total. The molecule has 0 amide bonds. The van der Waals surface area contributed by atoms with Gasteiger partial charge in [-0.05, 0) is 12.8 Å². The molecule has 19 heavy (non-hydrogen) atoms. The smallest absolute Gasteiger partial charge is 0.608 e. The summed E-state index contributed by atoms with van der Waals surface area (Å²) in [4.78, 5) is 23.3. The Hall–Kier alpha value is -1.24. The lowest BCUT2D eigenvalue weighted by Gasteiger charge is -2.31. The van der Waals surface area contributed by atoms with Crippen LogP contribution < -0.4 is 5.32 Å². The van der Waals surface area contributed by atoms with Gasteiger partial charge in [0.2, 0.25) is 0 Å². The second kappa shape index (κ2) is 4.70. The molecule has 3 fully saturated rings. The summed E-state index contributed by atoms with van der Waals surface area (Å²) in [6, 6.07) is 0.303. The van der Waals surface area contributed by atoms with Crippen LogP contribution in [0.1, 0.15) is 44.9 Å². The molecule has 7 heteroatoms. The first kappa shape index (κ1) is 12.8. The van der Waals surface area contributed by atoms with Gasteiger partial charge in [0, 0.05) is 11.9 Å². The van der Waals surface area contributed by atoms with Gasteiger partial charge in [0.05, 0.1) is 4.89 Å². The zero-order valence-corrected chi connectivity index (χ0v) is 11.5. The topological polar surface area (TPSA) is 64.6 Å². The van der Waals surface area contributed by atoms with Gasteiger partial charge < -0.3 is 14.6 Å². The number of carbonyl (C=O) groups excluding carboxylic acids is 2. The predicted octanol–water partition coefficient (Wildman–Crippen LogP) is 1.22. The predicted molar refractivity (Wildman–Crippen MR) is 73.0 cm³/mol. The molecule has 2 heterocycles. The Labute approximate surface area is 117 Å². The van der Waals surface area contributed by atoms with Crippen LogP contribution in [0.25, 0.3) is 0 Å². The minimum Gasteiger partial charge on any atom is -0.608 e. The second-order valence-corrected chi connectivity index (χ2v) is 5.99. The highest BCUT2D eigenvalue weighted by atomic mass is 32.1. The summed E-state index contributed by atoms with van der Waals surface area (Å²) >= 11 is 5.37. The molecule has 1 aliphatic carbocycles. The highest BCUT2D eigenvalue weighted by molar-refractivity contribution is 7.84. The van der Waals surface area contributed by atoms with E-state index < -0.39 is 6.55 Å². The maximum atomic E-state index is 11.5. The highest BCUT2D eigenvalue weighted by Crippen LogP contribution is 2.41. The van der Waals surface area contributed by atoms with Crippen LogP contribution in [0.3, 0.4) is 0 Å². The van der Waals surface area contributed by atoms with Crippen LogP contribution in [0.2, 0.25) is 0 Å². The molecule has 2 aliphatic heterocycles. The summed E-state index contributed by atoms with van der Waals surface area (Å²) < 4.78 is 10.6. The van der Waals surface area contributed by atoms with Gasteiger partial charge in [-0.2, -0.15) is 0 Å². The standard InChI is InChI=1S/C12H16BNO4S/c15-10-6-8-7-11(16)18-13(8,17-10)12(19)14-9-4-2-1-3-5-9/h9H,1-7H2,(H,14,19). The summed E-state index contributed by atoms with van der Waals surface area (Å²) in [5.74, 6) is -0.00565. The summed E-state index contributed by atoms with van der Waals surface area (Å²) in [6.45, 7) is -2.15. The fourth-order valence-electron chi connectivity index (χ4n) is 3.20. The van der Waals surface area contributed by atoms with E-state index in [9.17, 15) is 9.59 Å². The number of hydrogen-bond acceptors (Lipinski definition) is 5. The van der Waals surface area contributed by atoms with Crippen molar-refractivity contribution in [2.24, 2.45) is 0 Å². The normalized spacial score (nSPS) is 25.8. The molecule has 0 aromatic heterocycles. The summed E-state index contributed by atoms with van der Waals surface area (Å²) in [5.41, 5.74) is 0. The Bertz CT molecular complexity index is 415. The van der Waals surface area contributed by atoms with Gasteiger partial charge in [0.25, 0.3) is 0 Å². The zero-order valence-electron chi connectivity index (χ0n) is 10.6. The Kier molecular flexibility index (Phi) is 3.16. The summed E-state index contributed by atoms with van der Waals surface area (Å²) in [6.07, 6.45) is 6.03.